The van der Waals surface area contributed by atoms with Gasteiger partial charge in [-0.25, -0.2) is 0 Å². The minimum Gasteiger partial charge on any atom is -0.344 e. The van der Waals surface area contributed by atoms with Crippen molar-refractivity contribution in [3.63, 3.8) is 0 Å². The van der Waals surface area contributed by atoms with Crippen LogP contribution in [0.15, 0.2) is 12.7 Å². The SMILES string of the molecule is C=CCCCCCCCCC.N. The van der Waals surface area contributed by atoms with Crippen LogP contribution < -0.4 is 6.15 Å². The van der Waals surface area contributed by atoms with Gasteiger partial charge in [0, 0.05) is 0 Å². The van der Waals surface area contributed by atoms with Crippen LogP contribution >= 0.6 is 0 Å². The quantitative estimate of drug-likeness (QED) is 0.424. The van der Waals surface area contributed by atoms with Gasteiger partial charge in [0.2, 0.25) is 0 Å². The van der Waals surface area contributed by atoms with Gasteiger partial charge < -0.3 is 6.15 Å². The van der Waals surface area contributed by atoms with E-state index in [1.165, 1.54) is 51.4 Å². The van der Waals surface area contributed by atoms with E-state index in [1.807, 2.05) is 6.08 Å². The maximum atomic E-state index is 3.71. The molecule has 3 N–H and O–H groups in total. The molecule has 0 radical (unpaired) electrons. The molecule has 12 heavy (non-hydrogen) atoms. The summed E-state index contributed by atoms with van der Waals surface area (Å²) >= 11 is 0. The average Bonchev–Trinajstić information content (AvgIpc) is 2.03. The van der Waals surface area contributed by atoms with Crippen molar-refractivity contribution in [2.45, 2.75) is 58.3 Å². The zero-order valence-corrected chi connectivity index (χ0v) is 8.65. The van der Waals surface area contributed by atoms with Crippen LogP contribution in [0.5, 0.6) is 0 Å². The third-order valence-electron chi connectivity index (χ3n) is 2.01. The summed E-state index contributed by atoms with van der Waals surface area (Å²) in [6.45, 7) is 5.97. The summed E-state index contributed by atoms with van der Waals surface area (Å²) in [5.74, 6) is 0. The molecule has 0 saturated heterocycles. The average molecular weight is 171 g/mol. The van der Waals surface area contributed by atoms with E-state index in [2.05, 4.69) is 13.5 Å². The van der Waals surface area contributed by atoms with Crippen LogP contribution in [0.3, 0.4) is 0 Å². The summed E-state index contributed by atoms with van der Waals surface area (Å²) in [6.07, 6.45) is 13.0. The number of hydrogen-bond donors (Lipinski definition) is 1. The van der Waals surface area contributed by atoms with E-state index >= 15 is 0 Å². The van der Waals surface area contributed by atoms with Gasteiger partial charge in [0.05, 0.1) is 0 Å². The summed E-state index contributed by atoms with van der Waals surface area (Å²) in [4.78, 5) is 0. The fraction of sp³-hybridized carbons (Fsp3) is 0.818. The summed E-state index contributed by atoms with van der Waals surface area (Å²) in [7, 11) is 0. The highest BCUT2D eigenvalue weighted by Gasteiger charge is 1.88. The summed E-state index contributed by atoms with van der Waals surface area (Å²) in [6, 6.07) is 0. The predicted molar refractivity (Wildman–Crippen MR) is 57.8 cm³/mol. The van der Waals surface area contributed by atoms with Gasteiger partial charge in [0.15, 0.2) is 0 Å². The predicted octanol–water partition coefficient (Wildman–Crippen LogP) is 4.48. The zero-order chi connectivity index (χ0) is 8.36. The molecule has 0 rings (SSSR count). The second kappa shape index (κ2) is 13.3. The van der Waals surface area contributed by atoms with Gasteiger partial charge in [-0.2, -0.15) is 0 Å². The molecule has 1 nitrogen and oxygen atoms in total. The molecule has 0 heterocycles. The lowest BCUT2D eigenvalue weighted by molar-refractivity contribution is 0.592. The van der Waals surface area contributed by atoms with Crippen LogP contribution in [-0.2, 0) is 0 Å². The van der Waals surface area contributed by atoms with Crippen LogP contribution in [0.2, 0.25) is 0 Å². The molecule has 0 aliphatic rings. The van der Waals surface area contributed by atoms with Gasteiger partial charge in [0.25, 0.3) is 0 Å². The van der Waals surface area contributed by atoms with Gasteiger partial charge in [-0.1, -0.05) is 51.5 Å². The molecule has 0 unspecified atom stereocenters. The molecule has 1 heteroatoms. The number of rotatable bonds is 8. The highest BCUT2D eigenvalue weighted by Crippen LogP contribution is 2.07. The smallest absolute Gasteiger partial charge is 0.0353 e. The van der Waals surface area contributed by atoms with Gasteiger partial charge in [-0.05, 0) is 12.8 Å². The Labute approximate surface area is 77.8 Å². The first-order valence-electron chi connectivity index (χ1n) is 5.02. The first-order chi connectivity index (χ1) is 5.41. The number of allylic oxidation sites excluding steroid dienone is 1. The van der Waals surface area contributed by atoms with Gasteiger partial charge in [-0.15, -0.1) is 6.58 Å². The summed E-state index contributed by atoms with van der Waals surface area (Å²) < 4.78 is 0. The Kier molecular flexibility index (Phi) is 15.8. The molecular weight excluding hydrogens is 146 g/mol. The molecule has 0 aliphatic heterocycles. The first-order valence-corrected chi connectivity index (χ1v) is 5.02. The molecule has 0 aromatic carbocycles. The lowest BCUT2D eigenvalue weighted by Crippen LogP contribution is -1.78. The van der Waals surface area contributed by atoms with Crippen LogP contribution in [0, 0.1) is 0 Å². The molecule has 74 valence electrons. The van der Waals surface area contributed by atoms with E-state index < -0.39 is 0 Å². The van der Waals surface area contributed by atoms with Crippen molar-refractivity contribution >= 4 is 0 Å². The molecule has 0 bridgehead atoms. The fourth-order valence-electron chi connectivity index (χ4n) is 1.25. The summed E-state index contributed by atoms with van der Waals surface area (Å²) in [5, 5.41) is 0. The Hall–Kier alpha value is -0.300. The highest BCUT2D eigenvalue weighted by molar-refractivity contribution is 4.65. The zero-order valence-electron chi connectivity index (χ0n) is 8.65. The molecule has 0 spiro atoms. The van der Waals surface area contributed by atoms with E-state index in [-0.39, 0.29) is 6.15 Å². The standard InChI is InChI=1S/C11H22.H3N/c1-3-5-7-9-11-10-8-6-4-2;/h3H,1,4-11H2,2H3;1H3. The van der Waals surface area contributed by atoms with E-state index in [9.17, 15) is 0 Å². The molecule has 0 aromatic heterocycles. The third-order valence-corrected chi connectivity index (χ3v) is 2.01. The van der Waals surface area contributed by atoms with Gasteiger partial charge in [0.1, 0.15) is 0 Å². The Balaban J connectivity index is 0. The second-order valence-corrected chi connectivity index (χ2v) is 3.20. The molecule has 0 aliphatic carbocycles. The number of unbranched alkanes of at least 4 members (excludes halogenated alkanes) is 7. The van der Waals surface area contributed by atoms with Crippen LogP contribution in [0.1, 0.15) is 58.3 Å². The fourth-order valence-corrected chi connectivity index (χ4v) is 1.25. The van der Waals surface area contributed by atoms with Crippen LogP contribution in [0.25, 0.3) is 0 Å². The highest BCUT2D eigenvalue weighted by atomic mass is 14.0. The Morgan fingerprint density at radius 2 is 1.42 bits per heavy atom. The maximum absolute atomic E-state index is 3.71. The van der Waals surface area contributed by atoms with Crippen molar-refractivity contribution < 1.29 is 0 Å². The van der Waals surface area contributed by atoms with Gasteiger partial charge >= 0.3 is 0 Å². The van der Waals surface area contributed by atoms with Crippen molar-refractivity contribution in [3.05, 3.63) is 12.7 Å². The lowest BCUT2D eigenvalue weighted by atomic mass is 10.1. The Morgan fingerprint density at radius 3 is 1.92 bits per heavy atom. The lowest BCUT2D eigenvalue weighted by Gasteiger charge is -1.98. The third kappa shape index (κ3) is 12.4. The van der Waals surface area contributed by atoms with E-state index in [0.29, 0.717) is 0 Å². The van der Waals surface area contributed by atoms with E-state index in [1.54, 1.807) is 0 Å². The Morgan fingerprint density at radius 1 is 0.917 bits per heavy atom. The first kappa shape index (κ1) is 14.2. The molecule has 0 atom stereocenters. The topological polar surface area (TPSA) is 35.0 Å². The normalized spacial score (nSPS) is 9.08. The minimum absolute atomic E-state index is 0. The van der Waals surface area contributed by atoms with Crippen LogP contribution in [0.4, 0.5) is 0 Å². The minimum atomic E-state index is 0. The second-order valence-electron chi connectivity index (χ2n) is 3.20. The van der Waals surface area contributed by atoms with Crippen LogP contribution in [-0.4, -0.2) is 0 Å². The van der Waals surface area contributed by atoms with Crippen molar-refractivity contribution in [2.75, 3.05) is 0 Å². The Bertz CT molecular complexity index is 79.1. The van der Waals surface area contributed by atoms with E-state index in [4.69, 9.17) is 0 Å². The molecule has 0 saturated carbocycles. The van der Waals surface area contributed by atoms with Crippen molar-refractivity contribution in [1.29, 1.82) is 0 Å². The molecule has 0 amide bonds. The molecular formula is C11H25N. The van der Waals surface area contributed by atoms with Gasteiger partial charge in [-0.3, -0.25) is 0 Å². The monoisotopic (exact) mass is 171 g/mol. The van der Waals surface area contributed by atoms with Crippen molar-refractivity contribution in [3.8, 4) is 0 Å². The van der Waals surface area contributed by atoms with Crippen molar-refractivity contribution in [1.82, 2.24) is 6.15 Å². The van der Waals surface area contributed by atoms with E-state index in [0.717, 1.165) is 0 Å². The molecule has 0 fully saturated rings. The largest absolute Gasteiger partial charge is 0.344 e. The maximum Gasteiger partial charge on any atom is -0.0353 e. The summed E-state index contributed by atoms with van der Waals surface area (Å²) in [5.41, 5.74) is 0. The number of hydrogen-bond acceptors (Lipinski definition) is 1. The molecule has 0 aromatic rings. The van der Waals surface area contributed by atoms with Crippen molar-refractivity contribution in [2.24, 2.45) is 0 Å².